The highest BCUT2D eigenvalue weighted by molar-refractivity contribution is 8.02. The number of nitrogens with zero attached hydrogens (tertiary/aromatic N) is 3. The van der Waals surface area contributed by atoms with Gasteiger partial charge in [-0.05, 0) is 19.9 Å². The molecule has 1 aromatic carbocycles. The Hall–Kier alpha value is -2.21. The number of aromatic nitrogens is 2. The first-order valence-electron chi connectivity index (χ1n) is 6.71. The summed E-state index contributed by atoms with van der Waals surface area (Å²) < 4.78 is 39.8. The smallest absolute Gasteiger partial charge is 0.325 e. The summed E-state index contributed by atoms with van der Waals surface area (Å²) in [6.07, 6.45) is -4.85. The lowest BCUT2D eigenvalue weighted by atomic mass is 10.1. The molecule has 0 aliphatic heterocycles. The summed E-state index contributed by atoms with van der Waals surface area (Å²) >= 11 is 2.31. The Morgan fingerprint density at radius 2 is 2.08 bits per heavy atom. The van der Waals surface area contributed by atoms with Crippen LogP contribution in [0.2, 0.25) is 0 Å². The molecule has 12 heteroatoms. The van der Waals surface area contributed by atoms with Crippen LogP contribution in [0.3, 0.4) is 0 Å². The number of nitrogens with one attached hydrogen (secondary N) is 1. The molecule has 0 spiro atoms. The molecule has 0 unspecified atom stereocenters. The molecular weight excluding hydrogens is 381 g/mol. The number of nitro benzene ring substituents is 1. The zero-order valence-electron chi connectivity index (χ0n) is 12.8. The maximum absolute atomic E-state index is 13.1. The fourth-order valence-electron chi connectivity index (χ4n) is 1.75. The summed E-state index contributed by atoms with van der Waals surface area (Å²) in [4.78, 5) is 21.9. The Labute approximate surface area is 147 Å². The number of non-ortho nitro benzene ring substituents is 1. The van der Waals surface area contributed by atoms with Crippen molar-refractivity contribution in [3.63, 3.8) is 0 Å². The van der Waals surface area contributed by atoms with Gasteiger partial charge in [-0.15, -0.1) is 10.2 Å². The number of hydrogen-bond acceptors (Lipinski definition) is 7. The minimum Gasteiger partial charge on any atom is -0.325 e. The Bertz CT molecular complexity index is 810. The van der Waals surface area contributed by atoms with Gasteiger partial charge >= 0.3 is 6.18 Å². The lowest BCUT2D eigenvalue weighted by molar-refractivity contribution is -0.385. The van der Waals surface area contributed by atoms with E-state index in [9.17, 15) is 28.1 Å². The molecule has 1 atom stereocenters. The molecule has 0 radical (unpaired) electrons. The number of rotatable bonds is 5. The normalized spacial score (nSPS) is 12.7. The molecule has 134 valence electrons. The first-order valence-corrected chi connectivity index (χ1v) is 8.41. The van der Waals surface area contributed by atoms with E-state index in [1.165, 1.54) is 18.3 Å². The number of hydrogen-bond donors (Lipinski definition) is 1. The minimum atomic E-state index is -4.85. The molecule has 0 aliphatic rings. The summed E-state index contributed by atoms with van der Waals surface area (Å²) in [5.41, 5.74) is -2.53. The second-order valence-corrected chi connectivity index (χ2v) is 7.59. The molecule has 1 N–H and O–H groups in total. The number of alkyl halides is 3. The van der Waals surface area contributed by atoms with E-state index in [2.05, 4.69) is 15.5 Å². The highest BCUT2D eigenvalue weighted by Gasteiger charge is 2.36. The molecular formula is C13H11F3N4O3S2. The van der Waals surface area contributed by atoms with Gasteiger partial charge in [0.05, 0.1) is 21.4 Å². The monoisotopic (exact) mass is 392 g/mol. The van der Waals surface area contributed by atoms with Gasteiger partial charge in [-0.1, -0.05) is 23.1 Å². The average Bonchev–Trinajstić information content (AvgIpc) is 2.91. The maximum Gasteiger partial charge on any atom is 0.418 e. The Morgan fingerprint density at radius 1 is 1.40 bits per heavy atom. The predicted octanol–water partition coefficient (Wildman–Crippen LogP) is 3.89. The molecule has 25 heavy (non-hydrogen) atoms. The molecule has 0 fully saturated rings. The first kappa shape index (κ1) is 19.1. The molecule has 2 aromatic rings. The maximum atomic E-state index is 13.1. The fourth-order valence-corrected chi connectivity index (χ4v) is 3.71. The lowest BCUT2D eigenvalue weighted by Crippen LogP contribution is -2.24. The SMILES string of the molecule is Cc1nnc(S[C@@H](C)C(=O)Nc2ccc([N+](=O)[O-])cc2C(F)(F)F)s1. The van der Waals surface area contributed by atoms with Crippen LogP contribution in [0.5, 0.6) is 0 Å². The largest absolute Gasteiger partial charge is 0.418 e. The topological polar surface area (TPSA) is 98.0 Å². The number of benzene rings is 1. The summed E-state index contributed by atoms with van der Waals surface area (Å²) in [6.45, 7) is 3.24. The van der Waals surface area contributed by atoms with Gasteiger partial charge in [0.15, 0.2) is 4.34 Å². The number of aryl methyl sites for hydroxylation is 1. The Morgan fingerprint density at radius 3 is 2.60 bits per heavy atom. The van der Waals surface area contributed by atoms with E-state index in [-0.39, 0.29) is 0 Å². The van der Waals surface area contributed by atoms with Crippen molar-refractivity contribution in [2.24, 2.45) is 0 Å². The van der Waals surface area contributed by atoms with Crippen LogP contribution >= 0.6 is 23.1 Å². The number of amides is 1. The van der Waals surface area contributed by atoms with Gasteiger partial charge in [-0.2, -0.15) is 13.2 Å². The fraction of sp³-hybridized carbons (Fsp3) is 0.308. The first-order chi connectivity index (χ1) is 11.6. The molecule has 1 heterocycles. The quantitative estimate of drug-likeness (QED) is 0.471. The van der Waals surface area contributed by atoms with Gasteiger partial charge < -0.3 is 5.32 Å². The highest BCUT2D eigenvalue weighted by atomic mass is 32.2. The van der Waals surface area contributed by atoms with Crippen molar-refractivity contribution in [1.82, 2.24) is 10.2 Å². The van der Waals surface area contributed by atoms with Crippen LogP contribution in [-0.4, -0.2) is 26.3 Å². The van der Waals surface area contributed by atoms with E-state index >= 15 is 0 Å². The zero-order chi connectivity index (χ0) is 18.8. The van der Waals surface area contributed by atoms with Crippen molar-refractivity contribution < 1.29 is 22.9 Å². The van der Waals surface area contributed by atoms with Crippen LogP contribution in [0, 0.1) is 17.0 Å². The number of halogens is 3. The third-order valence-electron chi connectivity index (χ3n) is 2.93. The van der Waals surface area contributed by atoms with E-state index in [1.807, 2.05) is 0 Å². The zero-order valence-corrected chi connectivity index (χ0v) is 14.5. The average molecular weight is 392 g/mol. The molecule has 1 amide bonds. The molecule has 0 aliphatic carbocycles. The van der Waals surface area contributed by atoms with E-state index in [1.54, 1.807) is 6.92 Å². The van der Waals surface area contributed by atoms with Crippen LogP contribution in [0.4, 0.5) is 24.5 Å². The van der Waals surface area contributed by atoms with Gasteiger partial charge in [0.1, 0.15) is 5.01 Å². The van der Waals surface area contributed by atoms with Crippen LogP contribution in [0.25, 0.3) is 0 Å². The summed E-state index contributed by atoms with van der Waals surface area (Å²) in [7, 11) is 0. The minimum absolute atomic E-state index is 0.390. The standard InChI is InChI=1S/C13H11F3N4O3S2/c1-6(24-12-19-18-7(2)25-12)11(21)17-10-4-3-8(20(22)23)5-9(10)13(14,15)16/h3-6H,1-2H3,(H,17,21)/t6-/m0/s1. The van der Waals surface area contributed by atoms with Crippen molar-refractivity contribution >= 4 is 40.4 Å². The number of anilines is 1. The van der Waals surface area contributed by atoms with E-state index < -0.39 is 39.2 Å². The summed E-state index contributed by atoms with van der Waals surface area (Å²) in [6, 6.07) is 2.16. The van der Waals surface area contributed by atoms with Crippen molar-refractivity contribution in [3.05, 3.63) is 38.9 Å². The number of thioether (sulfide) groups is 1. The lowest BCUT2D eigenvalue weighted by Gasteiger charge is -2.15. The van der Waals surface area contributed by atoms with Crippen LogP contribution in [0.1, 0.15) is 17.5 Å². The number of carbonyl (C=O) groups excluding carboxylic acids is 1. The van der Waals surface area contributed by atoms with Crippen LogP contribution in [-0.2, 0) is 11.0 Å². The van der Waals surface area contributed by atoms with Crippen LogP contribution in [0.15, 0.2) is 22.5 Å². The molecule has 0 saturated carbocycles. The summed E-state index contributed by atoms with van der Waals surface area (Å²) in [5, 5.41) is 20.4. The van der Waals surface area contributed by atoms with Gasteiger partial charge in [0.25, 0.3) is 5.69 Å². The van der Waals surface area contributed by atoms with E-state index in [0.29, 0.717) is 15.4 Å². The summed E-state index contributed by atoms with van der Waals surface area (Å²) in [5.74, 6) is -0.683. The van der Waals surface area contributed by atoms with Gasteiger partial charge in [0.2, 0.25) is 5.91 Å². The second-order valence-electron chi connectivity index (χ2n) is 4.82. The molecule has 2 rings (SSSR count). The van der Waals surface area contributed by atoms with Gasteiger partial charge in [-0.3, -0.25) is 14.9 Å². The Kier molecular flexibility index (Phi) is 5.62. The van der Waals surface area contributed by atoms with Gasteiger partial charge in [0, 0.05) is 12.1 Å². The molecule has 0 bridgehead atoms. The van der Waals surface area contributed by atoms with Gasteiger partial charge in [-0.25, -0.2) is 0 Å². The Balaban J connectivity index is 2.20. The van der Waals surface area contributed by atoms with Crippen LogP contribution < -0.4 is 5.32 Å². The van der Waals surface area contributed by atoms with E-state index in [0.717, 1.165) is 23.9 Å². The highest BCUT2D eigenvalue weighted by Crippen LogP contribution is 2.37. The third-order valence-corrected chi connectivity index (χ3v) is 4.95. The van der Waals surface area contributed by atoms with Crippen molar-refractivity contribution in [2.75, 3.05) is 5.32 Å². The third kappa shape index (κ3) is 4.89. The van der Waals surface area contributed by atoms with Crippen molar-refractivity contribution in [1.29, 1.82) is 0 Å². The van der Waals surface area contributed by atoms with E-state index in [4.69, 9.17) is 0 Å². The predicted molar refractivity (Wildman–Crippen MR) is 86.7 cm³/mol. The molecule has 7 nitrogen and oxygen atoms in total. The van der Waals surface area contributed by atoms with Crippen molar-refractivity contribution in [3.8, 4) is 0 Å². The molecule has 0 saturated heterocycles. The molecule has 1 aromatic heterocycles. The number of carbonyl (C=O) groups is 1. The van der Waals surface area contributed by atoms with Crippen molar-refractivity contribution in [2.45, 2.75) is 29.6 Å². The number of nitro groups is 1. The second kappa shape index (κ2) is 7.35.